The highest BCUT2D eigenvalue weighted by atomic mass is 16.4. The van der Waals surface area contributed by atoms with Crippen molar-refractivity contribution in [2.75, 3.05) is 0 Å². The van der Waals surface area contributed by atoms with Gasteiger partial charge >= 0.3 is 5.97 Å². The lowest BCUT2D eigenvalue weighted by atomic mass is 10.0. The lowest BCUT2D eigenvalue weighted by Crippen LogP contribution is -2.57. The lowest BCUT2D eigenvalue weighted by molar-refractivity contribution is -0.142. The van der Waals surface area contributed by atoms with Crippen LogP contribution in [0, 0.1) is 5.92 Å². The fourth-order valence-electron chi connectivity index (χ4n) is 3.36. The van der Waals surface area contributed by atoms with Crippen LogP contribution in [0.2, 0.25) is 0 Å². The number of H-pyrrole nitrogens is 1. The Morgan fingerprint density at radius 2 is 1.41 bits per heavy atom. The fraction of sp³-hybridized carbons (Fsp3) is 0.591. The molecule has 1 aromatic rings. The third kappa shape index (κ3) is 12.0. The number of nitrogens with zero attached hydrogens (tertiary/aromatic N) is 1. The summed E-state index contributed by atoms with van der Waals surface area (Å²) in [5.41, 5.74) is 16.7. The van der Waals surface area contributed by atoms with Gasteiger partial charge in [0, 0.05) is 31.2 Å². The highest BCUT2D eigenvalue weighted by molar-refractivity contribution is 5.94. The minimum absolute atomic E-state index is 0.0213. The maximum absolute atomic E-state index is 13.2. The molecule has 0 saturated carbocycles. The molecular weight excluding hydrogens is 488 g/mol. The van der Waals surface area contributed by atoms with E-state index in [4.69, 9.17) is 17.2 Å². The van der Waals surface area contributed by atoms with E-state index in [1.165, 1.54) is 12.5 Å². The molecule has 4 unspecified atom stereocenters. The van der Waals surface area contributed by atoms with Gasteiger partial charge in [-0.3, -0.25) is 24.0 Å². The molecule has 0 saturated heterocycles. The Morgan fingerprint density at radius 3 is 1.89 bits per heavy atom. The number of carbonyl (C=O) groups excluding carboxylic acids is 5. The fourth-order valence-corrected chi connectivity index (χ4v) is 3.36. The Morgan fingerprint density at radius 1 is 0.892 bits per heavy atom. The highest BCUT2D eigenvalue weighted by Gasteiger charge is 2.31. The zero-order valence-corrected chi connectivity index (χ0v) is 20.9. The minimum atomic E-state index is -1.47. The number of imidazole rings is 1. The van der Waals surface area contributed by atoms with E-state index in [-0.39, 0.29) is 38.0 Å². The summed E-state index contributed by atoms with van der Waals surface area (Å²) in [5, 5.41) is 16.6. The summed E-state index contributed by atoms with van der Waals surface area (Å²) in [6.07, 6.45) is 2.07. The quantitative estimate of drug-likeness (QED) is 0.106. The predicted molar refractivity (Wildman–Crippen MR) is 130 cm³/mol. The second-order valence-electron chi connectivity index (χ2n) is 9.05. The second-order valence-corrected chi connectivity index (χ2v) is 9.05. The van der Waals surface area contributed by atoms with Gasteiger partial charge in [0.1, 0.15) is 18.1 Å². The minimum Gasteiger partial charge on any atom is -0.480 e. The van der Waals surface area contributed by atoms with E-state index in [0.717, 1.165) is 0 Å². The van der Waals surface area contributed by atoms with Crippen LogP contribution in [0.1, 0.15) is 51.6 Å². The first-order valence-electron chi connectivity index (χ1n) is 11.7. The van der Waals surface area contributed by atoms with Gasteiger partial charge in [0.05, 0.1) is 12.4 Å². The number of carboxylic acid groups (broad SMARTS) is 1. The van der Waals surface area contributed by atoms with Gasteiger partial charge in [0.15, 0.2) is 0 Å². The molecule has 5 amide bonds. The Kier molecular flexibility index (Phi) is 12.7. The number of hydrogen-bond donors (Lipinski definition) is 8. The van der Waals surface area contributed by atoms with Crippen molar-refractivity contribution in [1.29, 1.82) is 0 Å². The zero-order chi connectivity index (χ0) is 28.1. The zero-order valence-electron chi connectivity index (χ0n) is 20.9. The monoisotopic (exact) mass is 524 g/mol. The molecule has 15 nitrogen and oxygen atoms in total. The van der Waals surface area contributed by atoms with Gasteiger partial charge in [0.25, 0.3) is 0 Å². The highest BCUT2D eigenvalue weighted by Crippen LogP contribution is 2.07. The lowest BCUT2D eigenvalue weighted by Gasteiger charge is -2.25. The Bertz CT molecular complexity index is 951. The van der Waals surface area contributed by atoms with Gasteiger partial charge in [-0.15, -0.1) is 0 Å². The largest absolute Gasteiger partial charge is 0.480 e. The van der Waals surface area contributed by atoms with Gasteiger partial charge in [-0.2, -0.15) is 0 Å². The molecule has 0 spiro atoms. The Hall–Kier alpha value is -4.01. The van der Waals surface area contributed by atoms with Crippen LogP contribution in [0.15, 0.2) is 12.5 Å². The molecule has 37 heavy (non-hydrogen) atoms. The van der Waals surface area contributed by atoms with Crippen molar-refractivity contribution >= 4 is 35.5 Å². The number of aromatic amines is 1. The van der Waals surface area contributed by atoms with Crippen molar-refractivity contribution in [3.05, 3.63) is 18.2 Å². The number of hydrogen-bond acceptors (Lipinski definition) is 8. The third-order valence-corrected chi connectivity index (χ3v) is 5.28. The normalized spacial score (nSPS) is 14.2. The number of nitrogens with two attached hydrogens (primary N) is 3. The van der Waals surface area contributed by atoms with E-state index in [0.29, 0.717) is 12.1 Å². The van der Waals surface area contributed by atoms with Crippen molar-refractivity contribution in [3.8, 4) is 0 Å². The number of carbonyl (C=O) groups is 6. The van der Waals surface area contributed by atoms with Gasteiger partial charge in [-0.05, 0) is 25.2 Å². The molecule has 206 valence electrons. The van der Waals surface area contributed by atoms with E-state index < -0.39 is 59.7 Å². The van der Waals surface area contributed by atoms with E-state index in [9.17, 15) is 33.9 Å². The first-order chi connectivity index (χ1) is 17.3. The van der Waals surface area contributed by atoms with E-state index >= 15 is 0 Å². The molecule has 0 fully saturated rings. The number of aromatic nitrogens is 2. The van der Waals surface area contributed by atoms with Gasteiger partial charge in [-0.1, -0.05) is 13.8 Å². The summed E-state index contributed by atoms with van der Waals surface area (Å²) < 4.78 is 0. The first-order valence-corrected chi connectivity index (χ1v) is 11.7. The summed E-state index contributed by atoms with van der Waals surface area (Å²) in [6.45, 7) is 3.77. The van der Waals surface area contributed by atoms with Gasteiger partial charge in [-0.25, -0.2) is 9.78 Å². The van der Waals surface area contributed by atoms with Crippen molar-refractivity contribution in [3.63, 3.8) is 0 Å². The van der Waals surface area contributed by atoms with E-state index in [1.54, 1.807) is 0 Å². The van der Waals surface area contributed by atoms with Gasteiger partial charge in [0.2, 0.25) is 29.5 Å². The van der Waals surface area contributed by atoms with Crippen LogP contribution in [0.3, 0.4) is 0 Å². The molecule has 4 atom stereocenters. The predicted octanol–water partition coefficient (Wildman–Crippen LogP) is -2.60. The molecule has 0 radical (unpaired) electrons. The number of nitrogens with one attached hydrogen (secondary N) is 4. The summed E-state index contributed by atoms with van der Waals surface area (Å²) >= 11 is 0. The summed E-state index contributed by atoms with van der Waals surface area (Å²) in [6, 6.07) is -4.91. The van der Waals surface area contributed by atoms with E-state index in [2.05, 4.69) is 25.9 Å². The summed E-state index contributed by atoms with van der Waals surface area (Å²) in [4.78, 5) is 79.2. The second kappa shape index (κ2) is 15.2. The summed E-state index contributed by atoms with van der Waals surface area (Å²) in [5.74, 6) is -5.09. The van der Waals surface area contributed by atoms with E-state index in [1.807, 2.05) is 13.8 Å². The topological polar surface area (TPSA) is 265 Å². The molecular formula is C22H36N8O7. The SMILES string of the molecule is CC(C)CC(N)C(=O)NC(Cc1cnc[nH]1)C(=O)NC(CCC(N)=O)C(=O)NC(CCC(N)=O)C(=O)O. The molecule has 0 aliphatic heterocycles. The van der Waals surface area contributed by atoms with Gasteiger partial charge < -0.3 is 43.2 Å². The van der Waals surface area contributed by atoms with Crippen LogP contribution in [0.4, 0.5) is 0 Å². The molecule has 0 bridgehead atoms. The molecule has 11 N–H and O–H groups in total. The van der Waals surface area contributed by atoms with Crippen LogP contribution < -0.4 is 33.2 Å². The first kappa shape index (κ1) is 31.0. The third-order valence-electron chi connectivity index (χ3n) is 5.28. The molecule has 1 rings (SSSR count). The molecule has 15 heteroatoms. The summed E-state index contributed by atoms with van der Waals surface area (Å²) in [7, 11) is 0. The number of aliphatic carboxylic acids is 1. The Labute approximate surface area is 213 Å². The standard InChI is InChI=1S/C22H36N8O7/c1-11(2)7-13(23)19(33)30-16(8-12-9-26-10-27-12)21(35)28-14(3-5-17(24)31)20(34)29-15(22(36)37)4-6-18(25)32/h9-11,13-16H,3-8,23H2,1-2H3,(H2,24,31)(H2,25,32)(H,26,27)(H,28,35)(H,29,34)(H,30,33)(H,36,37). The number of carboxylic acids is 1. The smallest absolute Gasteiger partial charge is 0.326 e. The molecule has 1 heterocycles. The average molecular weight is 525 g/mol. The van der Waals surface area contributed by atoms with Crippen molar-refractivity contribution in [2.45, 2.75) is 76.5 Å². The number of primary amides is 2. The van der Waals surface area contributed by atoms with Crippen LogP contribution in [-0.4, -0.2) is 74.7 Å². The molecule has 0 aliphatic rings. The van der Waals surface area contributed by atoms with Crippen molar-refractivity contribution in [2.24, 2.45) is 23.1 Å². The van der Waals surface area contributed by atoms with Crippen molar-refractivity contribution in [1.82, 2.24) is 25.9 Å². The molecule has 0 aliphatic carbocycles. The number of amides is 5. The maximum Gasteiger partial charge on any atom is 0.326 e. The molecule has 1 aromatic heterocycles. The van der Waals surface area contributed by atoms with Crippen LogP contribution >= 0.6 is 0 Å². The Balaban J connectivity index is 3.07. The molecule has 0 aromatic carbocycles. The van der Waals surface area contributed by atoms with Crippen LogP contribution in [-0.2, 0) is 35.2 Å². The van der Waals surface area contributed by atoms with Crippen LogP contribution in [0.5, 0.6) is 0 Å². The van der Waals surface area contributed by atoms with Crippen LogP contribution in [0.25, 0.3) is 0 Å². The number of rotatable bonds is 17. The average Bonchev–Trinajstić information content (AvgIpc) is 3.30. The maximum atomic E-state index is 13.2. The van der Waals surface area contributed by atoms with Crippen molar-refractivity contribution < 1.29 is 33.9 Å².